The van der Waals surface area contributed by atoms with Crippen LogP contribution in [0.25, 0.3) is 11.4 Å². The second kappa shape index (κ2) is 7.62. The molecule has 2 heterocycles. The number of carbonyl (C=O) groups is 1. The first-order valence-corrected chi connectivity index (χ1v) is 9.62. The van der Waals surface area contributed by atoms with Crippen molar-refractivity contribution in [3.63, 3.8) is 0 Å². The zero-order chi connectivity index (χ0) is 20.6. The fourth-order valence-corrected chi connectivity index (χ4v) is 3.49. The van der Waals surface area contributed by atoms with Gasteiger partial charge in [0, 0.05) is 29.5 Å². The summed E-state index contributed by atoms with van der Waals surface area (Å²) >= 11 is 3.37. The Morgan fingerprint density at radius 1 is 1.10 bits per heavy atom. The van der Waals surface area contributed by atoms with Crippen molar-refractivity contribution < 1.29 is 22.5 Å². The van der Waals surface area contributed by atoms with Gasteiger partial charge in [0.25, 0.3) is 0 Å². The van der Waals surface area contributed by atoms with Gasteiger partial charge in [0.15, 0.2) is 0 Å². The normalized spacial score (nSPS) is 17.2. The minimum atomic E-state index is -4.38. The Balaban J connectivity index is 1.44. The molecule has 0 bridgehead atoms. The Hall–Kier alpha value is -2.68. The van der Waals surface area contributed by atoms with E-state index in [1.807, 2.05) is 24.3 Å². The van der Waals surface area contributed by atoms with Crippen LogP contribution >= 0.6 is 15.9 Å². The highest BCUT2D eigenvalue weighted by Crippen LogP contribution is 2.31. The number of hydrogen-bond acceptors (Lipinski definition) is 4. The quantitative estimate of drug-likeness (QED) is 0.541. The van der Waals surface area contributed by atoms with Crippen LogP contribution in [0.15, 0.2) is 57.5 Å². The summed E-state index contributed by atoms with van der Waals surface area (Å²) in [7, 11) is 0. The number of hydrogen-bond donors (Lipinski definition) is 0. The van der Waals surface area contributed by atoms with Crippen molar-refractivity contribution in [1.29, 1.82) is 0 Å². The first-order chi connectivity index (χ1) is 13.8. The van der Waals surface area contributed by atoms with Crippen molar-refractivity contribution in [3.8, 4) is 11.4 Å². The number of amides is 1. The lowest BCUT2D eigenvalue weighted by atomic mass is 10.1. The predicted molar refractivity (Wildman–Crippen MR) is 102 cm³/mol. The summed E-state index contributed by atoms with van der Waals surface area (Å²) in [5.74, 6) is 0.485. The minimum absolute atomic E-state index is 0.0988. The van der Waals surface area contributed by atoms with Crippen LogP contribution in [0.2, 0.25) is 0 Å². The second-order valence-corrected chi connectivity index (χ2v) is 7.75. The summed E-state index contributed by atoms with van der Waals surface area (Å²) in [6.07, 6.45) is -4.15. The SMILES string of the molecule is O=C1CC(c2nc(-c3ccc(Br)cc3)no2)CN1Cc1ccc(C(F)(F)F)cc1. The van der Waals surface area contributed by atoms with Crippen molar-refractivity contribution in [2.45, 2.75) is 25.1 Å². The van der Waals surface area contributed by atoms with Crippen LogP contribution in [0.1, 0.15) is 29.4 Å². The van der Waals surface area contributed by atoms with E-state index in [0.717, 1.165) is 22.2 Å². The number of benzene rings is 2. The third-order valence-electron chi connectivity index (χ3n) is 4.76. The average molecular weight is 466 g/mol. The van der Waals surface area contributed by atoms with Crippen LogP contribution in [0, 0.1) is 0 Å². The first kappa shape index (κ1) is 19.6. The van der Waals surface area contributed by atoms with Gasteiger partial charge in [-0.25, -0.2) is 0 Å². The standard InChI is InChI=1S/C20H15BrF3N3O2/c21-16-7-3-13(4-8-16)18-25-19(29-26-18)14-9-17(28)27(11-14)10-12-1-5-15(6-2-12)20(22,23)24/h1-8,14H,9-11H2. The summed E-state index contributed by atoms with van der Waals surface area (Å²) in [4.78, 5) is 18.4. The number of rotatable bonds is 4. The zero-order valence-electron chi connectivity index (χ0n) is 15.0. The largest absolute Gasteiger partial charge is 0.416 e. The molecule has 1 aliphatic rings. The zero-order valence-corrected chi connectivity index (χ0v) is 16.6. The Labute approximate surface area is 172 Å². The van der Waals surface area contributed by atoms with Gasteiger partial charge in [0.1, 0.15) is 0 Å². The fourth-order valence-electron chi connectivity index (χ4n) is 3.23. The van der Waals surface area contributed by atoms with Crippen LogP contribution in [0.4, 0.5) is 13.2 Å². The minimum Gasteiger partial charge on any atom is -0.339 e. The van der Waals surface area contributed by atoms with E-state index in [-0.39, 0.29) is 24.8 Å². The Kier molecular flexibility index (Phi) is 5.16. The van der Waals surface area contributed by atoms with E-state index >= 15 is 0 Å². The van der Waals surface area contributed by atoms with Crippen molar-refractivity contribution in [3.05, 3.63) is 70.0 Å². The molecule has 1 fully saturated rings. The van der Waals surface area contributed by atoms with Crippen molar-refractivity contribution >= 4 is 21.8 Å². The van der Waals surface area contributed by atoms with E-state index in [4.69, 9.17) is 4.52 Å². The second-order valence-electron chi connectivity index (χ2n) is 6.83. The number of likely N-dealkylation sites (tertiary alicyclic amines) is 1. The number of aromatic nitrogens is 2. The molecule has 0 radical (unpaired) electrons. The highest BCUT2D eigenvalue weighted by Gasteiger charge is 2.35. The molecule has 9 heteroatoms. The Morgan fingerprint density at radius 3 is 2.45 bits per heavy atom. The number of halogens is 4. The summed E-state index contributed by atoms with van der Waals surface area (Å²) in [5.41, 5.74) is 0.723. The number of carbonyl (C=O) groups excluding carboxylic acids is 1. The lowest BCUT2D eigenvalue weighted by molar-refractivity contribution is -0.137. The van der Waals surface area contributed by atoms with E-state index in [1.165, 1.54) is 12.1 Å². The molecule has 1 aromatic heterocycles. The molecule has 29 heavy (non-hydrogen) atoms. The number of nitrogens with zero attached hydrogens (tertiary/aromatic N) is 3. The van der Waals surface area contributed by atoms with Gasteiger partial charge < -0.3 is 9.42 Å². The van der Waals surface area contributed by atoms with Crippen molar-refractivity contribution in [1.82, 2.24) is 15.0 Å². The first-order valence-electron chi connectivity index (χ1n) is 8.83. The van der Waals surface area contributed by atoms with E-state index < -0.39 is 11.7 Å². The summed E-state index contributed by atoms with van der Waals surface area (Å²) < 4.78 is 44.3. The van der Waals surface area contributed by atoms with Gasteiger partial charge >= 0.3 is 6.18 Å². The molecule has 4 rings (SSSR count). The molecule has 5 nitrogen and oxygen atoms in total. The topological polar surface area (TPSA) is 59.2 Å². The molecule has 2 aromatic carbocycles. The molecule has 0 aliphatic carbocycles. The maximum Gasteiger partial charge on any atom is 0.416 e. The van der Waals surface area contributed by atoms with E-state index in [1.54, 1.807) is 4.90 Å². The molecule has 0 saturated carbocycles. The van der Waals surface area contributed by atoms with Gasteiger partial charge in [0.05, 0.1) is 11.5 Å². The van der Waals surface area contributed by atoms with E-state index in [2.05, 4.69) is 26.1 Å². The fraction of sp³-hybridized carbons (Fsp3) is 0.250. The van der Waals surface area contributed by atoms with Gasteiger partial charge in [-0.05, 0) is 42.0 Å². The highest BCUT2D eigenvalue weighted by molar-refractivity contribution is 9.10. The van der Waals surface area contributed by atoms with Crippen molar-refractivity contribution in [2.24, 2.45) is 0 Å². The van der Waals surface area contributed by atoms with Gasteiger partial charge in [-0.15, -0.1) is 0 Å². The molecule has 1 amide bonds. The molecule has 1 atom stereocenters. The maximum atomic E-state index is 12.7. The third-order valence-corrected chi connectivity index (χ3v) is 5.29. The van der Waals surface area contributed by atoms with Crippen LogP contribution in [-0.2, 0) is 17.5 Å². The van der Waals surface area contributed by atoms with Crippen LogP contribution in [-0.4, -0.2) is 27.5 Å². The lowest BCUT2D eigenvalue weighted by Gasteiger charge is -2.16. The summed E-state index contributed by atoms with van der Waals surface area (Å²) in [6, 6.07) is 12.3. The smallest absolute Gasteiger partial charge is 0.339 e. The van der Waals surface area contributed by atoms with Crippen LogP contribution in [0.3, 0.4) is 0 Å². The lowest BCUT2D eigenvalue weighted by Crippen LogP contribution is -2.24. The van der Waals surface area contributed by atoms with Gasteiger partial charge in [0.2, 0.25) is 17.6 Å². The molecule has 1 aliphatic heterocycles. The average Bonchev–Trinajstić information content (AvgIpc) is 3.30. The Morgan fingerprint density at radius 2 is 1.79 bits per heavy atom. The molecule has 1 unspecified atom stereocenters. The molecule has 0 spiro atoms. The Bertz CT molecular complexity index is 1020. The van der Waals surface area contributed by atoms with Crippen LogP contribution < -0.4 is 0 Å². The summed E-state index contributed by atoms with van der Waals surface area (Å²) in [6.45, 7) is 0.614. The van der Waals surface area contributed by atoms with Gasteiger partial charge in [-0.2, -0.15) is 18.2 Å². The van der Waals surface area contributed by atoms with Crippen LogP contribution in [0.5, 0.6) is 0 Å². The number of alkyl halides is 3. The molecule has 3 aromatic rings. The van der Waals surface area contributed by atoms with Crippen molar-refractivity contribution in [2.75, 3.05) is 6.54 Å². The summed E-state index contributed by atoms with van der Waals surface area (Å²) in [5, 5.41) is 3.99. The molecule has 1 saturated heterocycles. The molecular weight excluding hydrogens is 451 g/mol. The molecule has 150 valence electrons. The van der Waals surface area contributed by atoms with Gasteiger partial charge in [-0.3, -0.25) is 4.79 Å². The van der Waals surface area contributed by atoms with E-state index in [0.29, 0.717) is 23.8 Å². The molecule has 0 N–H and O–H groups in total. The maximum absolute atomic E-state index is 12.7. The van der Waals surface area contributed by atoms with Gasteiger partial charge in [-0.1, -0.05) is 33.2 Å². The predicted octanol–water partition coefficient (Wildman–Crippen LogP) is 5.03. The monoisotopic (exact) mass is 465 g/mol. The van der Waals surface area contributed by atoms with E-state index in [9.17, 15) is 18.0 Å². The third kappa shape index (κ3) is 4.34. The highest BCUT2D eigenvalue weighted by atomic mass is 79.9. The molecular formula is C20H15BrF3N3O2.